The molecule has 0 aliphatic heterocycles. The van der Waals surface area contributed by atoms with Gasteiger partial charge in [-0.25, -0.2) is 4.79 Å². The molecule has 0 aromatic heterocycles. The molecule has 0 heterocycles. The van der Waals surface area contributed by atoms with Crippen molar-refractivity contribution < 1.29 is 9.53 Å². The Labute approximate surface area is 146 Å². The zero-order chi connectivity index (χ0) is 17.7. The molecule has 5 heteroatoms. The second-order valence-electron chi connectivity index (χ2n) is 7.46. The van der Waals surface area contributed by atoms with Gasteiger partial charge >= 0.3 is 6.03 Å². The fraction of sp³-hybridized carbons (Fsp3) is 0.737. The van der Waals surface area contributed by atoms with Crippen LogP contribution in [0.2, 0.25) is 0 Å². The lowest BCUT2D eigenvalue weighted by Gasteiger charge is -2.49. The van der Waals surface area contributed by atoms with Crippen LogP contribution in [-0.4, -0.2) is 36.7 Å². The number of carbonyl (C=O) groups is 1. The summed E-state index contributed by atoms with van der Waals surface area (Å²) >= 11 is 0. The molecule has 2 unspecified atom stereocenters. The van der Waals surface area contributed by atoms with Crippen molar-refractivity contribution in [1.82, 2.24) is 4.90 Å². The first-order chi connectivity index (χ1) is 11.4. The van der Waals surface area contributed by atoms with E-state index in [-0.39, 0.29) is 23.6 Å². The molecule has 0 saturated heterocycles. The van der Waals surface area contributed by atoms with Gasteiger partial charge in [0.2, 0.25) is 0 Å². The molecule has 0 spiro atoms. The number of rotatable bonds is 8. The van der Waals surface area contributed by atoms with Gasteiger partial charge in [0.1, 0.15) is 0 Å². The summed E-state index contributed by atoms with van der Waals surface area (Å²) in [5.74, 6) is 1.50. The first kappa shape index (κ1) is 18.8. The quantitative estimate of drug-likeness (QED) is 0.715. The van der Waals surface area contributed by atoms with Gasteiger partial charge in [0.05, 0.1) is 11.9 Å². The summed E-state index contributed by atoms with van der Waals surface area (Å²) in [6.07, 6.45) is 12.7. The van der Waals surface area contributed by atoms with E-state index in [1.54, 1.807) is 11.9 Å². The van der Waals surface area contributed by atoms with Gasteiger partial charge in [-0.1, -0.05) is 32.4 Å². The molecule has 1 fully saturated rings. The van der Waals surface area contributed by atoms with Crippen LogP contribution in [0, 0.1) is 11.3 Å². The van der Waals surface area contributed by atoms with E-state index in [0.29, 0.717) is 12.5 Å². The Balaban J connectivity index is 2.12. The van der Waals surface area contributed by atoms with Crippen LogP contribution < -0.4 is 11.5 Å². The Morgan fingerprint density at radius 2 is 2.17 bits per heavy atom. The number of nitrogens with zero attached hydrogens (tertiary/aromatic N) is 1. The highest BCUT2D eigenvalue weighted by molar-refractivity contribution is 5.71. The van der Waals surface area contributed by atoms with E-state index in [9.17, 15) is 4.79 Å². The van der Waals surface area contributed by atoms with Gasteiger partial charge < -0.3 is 21.1 Å². The van der Waals surface area contributed by atoms with E-state index in [1.165, 1.54) is 0 Å². The second kappa shape index (κ2) is 8.06. The van der Waals surface area contributed by atoms with E-state index in [0.717, 1.165) is 44.3 Å². The Hall–Kier alpha value is -1.49. The average molecular weight is 335 g/mol. The largest absolute Gasteiger partial charge is 0.495 e. The third kappa shape index (κ3) is 4.32. The van der Waals surface area contributed by atoms with Crippen LogP contribution in [0.15, 0.2) is 24.0 Å². The van der Waals surface area contributed by atoms with Gasteiger partial charge in [0.15, 0.2) is 0 Å². The molecule has 2 amide bonds. The van der Waals surface area contributed by atoms with Crippen molar-refractivity contribution in [2.75, 3.05) is 13.6 Å². The number of carbonyl (C=O) groups excluding carboxylic acids is 1. The Morgan fingerprint density at radius 1 is 1.46 bits per heavy atom. The van der Waals surface area contributed by atoms with Crippen molar-refractivity contribution in [2.24, 2.45) is 22.8 Å². The molecule has 5 nitrogen and oxygen atoms in total. The third-order valence-corrected chi connectivity index (χ3v) is 5.49. The highest BCUT2D eigenvalue weighted by atomic mass is 16.5. The predicted octanol–water partition coefficient (Wildman–Crippen LogP) is 3.16. The van der Waals surface area contributed by atoms with Crippen molar-refractivity contribution in [3.8, 4) is 0 Å². The van der Waals surface area contributed by atoms with Crippen molar-refractivity contribution in [3.05, 3.63) is 24.0 Å². The Morgan fingerprint density at radius 3 is 2.71 bits per heavy atom. The molecule has 24 heavy (non-hydrogen) atoms. The van der Waals surface area contributed by atoms with Crippen LogP contribution in [0.3, 0.4) is 0 Å². The van der Waals surface area contributed by atoms with Gasteiger partial charge in [-0.2, -0.15) is 0 Å². The van der Waals surface area contributed by atoms with Crippen LogP contribution in [0.5, 0.6) is 0 Å². The Kier molecular flexibility index (Phi) is 6.33. The van der Waals surface area contributed by atoms with E-state index in [1.807, 2.05) is 0 Å². The fourth-order valence-corrected chi connectivity index (χ4v) is 3.92. The van der Waals surface area contributed by atoms with Gasteiger partial charge in [-0.05, 0) is 37.7 Å². The summed E-state index contributed by atoms with van der Waals surface area (Å²) in [6.45, 7) is 4.96. The molecular weight excluding hydrogens is 302 g/mol. The number of hydrogen-bond donors (Lipinski definition) is 2. The summed E-state index contributed by atoms with van der Waals surface area (Å²) in [5.41, 5.74) is 11.4. The maximum Gasteiger partial charge on any atom is 0.314 e. The van der Waals surface area contributed by atoms with Crippen LogP contribution in [0.25, 0.3) is 0 Å². The molecule has 2 aliphatic rings. The SMILES string of the molecule is CCCC(CC)OC1=CC=CC(CN(C)C(N)=O)(C2CC(N)C2)C1. The second-order valence-corrected chi connectivity index (χ2v) is 7.46. The number of hydrogen-bond acceptors (Lipinski definition) is 3. The van der Waals surface area contributed by atoms with Crippen molar-refractivity contribution >= 4 is 6.03 Å². The predicted molar refractivity (Wildman–Crippen MR) is 97.3 cm³/mol. The van der Waals surface area contributed by atoms with Crippen LogP contribution in [-0.2, 0) is 4.74 Å². The summed E-state index contributed by atoms with van der Waals surface area (Å²) < 4.78 is 6.27. The number of amides is 2. The zero-order valence-electron chi connectivity index (χ0n) is 15.3. The number of allylic oxidation sites excluding steroid dienone is 3. The number of nitrogens with two attached hydrogens (primary N) is 2. The highest BCUT2D eigenvalue weighted by Crippen LogP contribution is 2.48. The van der Waals surface area contributed by atoms with Gasteiger partial charge in [-0.15, -0.1) is 0 Å². The van der Waals surface area contributed by atoms with Crippen molar-refractivity contribution in [3.63, 3.8) is 0 Å². The molecule has 0 aromatic rings. The number of urea groups is 1. The minimum atomic E-state index is -0.388. The number of ether oxygens (including phenoxy) is 1. The summed E-state index contributed by atoms with van der Waals surface area (Å²) in [7, 11) is 1.77. The molecule has 0 bridgehead atoms. The first-order valence-corrected chi connectivity index (χ1v) is 9.21. The topological polar surface area (TPSA) is 81.6 Å². The monoisotopic (exact) mass is 335 g/mol. The standard InChI is InChI=1S/C19H33N3O2/c1-4-7-16(5-2)24-17-8-6-9-19(12-17,13-22(3)18(21)23)14-10-15(20)11-14/h6,8-9,14-16H,4-5,7,10-13,20H2,1-3H3,(H2,21,23). The molecule has 1 saturated carbocycles. The minimum absolute atomic E-state index is 0.117. The van der Waals surface area contributed by atoms with E-state index >= 15 is 0 Å². The van der Waals surface area contributed by atoms with E-state index in [4.69, 9.17) is 16.2 Å². The molecule has 2 rings (SSSR count). The van der Waals surface area contributed by atoms with Gasteiger partial charge in [0, 0.05) is 31.5 Å². The molecule has 2 aliphatic carbocycles. The van der Waals surface area contributed by atoms with Crippen LogP contribution in [0.1, 0.15) is 52.4 Å². The molecular formula is C19H33N3O2. The highest BCUT2D eigenvalue weighted by Gasteiger charge is 2.45. The van der Waals surface area contributed by atoms with E-state index in [2.05, 4.69) is 32.1 Å². The average Bonchev–Trinajstić information content (AvgIpc) is 2.51. The lowest BCUT2D eigenvalue weighted by molar-refractivity contribution is 0.0404. The molecule has 136 valence electrons. The molecule has 2 atom stereocenters. The van der Waals surface area contributed by atoms with Crippen molar-refractivity contribution in [1.29, 1.82) is 0 Å². The van der Waals surface area contributed by atoms with Crippen LogP contribution >= 0.6 is 0 Å². The van der Waals surface area contributed by atoms with Gasteiger partial charge in [-0.3, -0.25) is 0 Å². The smallest absolute Gasteiger partial charge is 0.314 e. The lowest BCUT2D eigenvalue weighted by Crippen LogP contribution is -2.51. The van der Waals surface area contributed by atoms with Gasteiger partial charge in [0.25, 0.3) is 0 Å². The molecule has 4 N–H and O–H groups in total. The Bertz CT molecular complexity index is 497. The first-order valence-electron chi connectivity index (χ1n) is 9.21. The van der Waals surface area contributed by atoms with Crippen molar-refractivity contribution in [2.45, 2.75) is 64.5 Å². The maximum atomic E-state index is 11.6. The maximum absolute atomic E-state index is 11.6. The fourth-order valence-electron chi connectivity index (χ4n) is 3.92. The molecule has 0 aromatic carbocycles. The van der Waals surface area contributed by atoms with Crippen LogP contribution in [0.4, 0.5) is 4.79 Å². The molecule has 0 radical (unpaired) electrons. The summed E-state index contributed by atoms with van der Waals surface area (Å²) in [4.78, 5) is 13.2. The normalized spacial score (nSPS) is 30.2. The summed E-state index contributed by atoms with van der Waals surface area (Å²) in [6, 6.07) is -0.112. The minimum Gasteiger partial charge on any atom is -0.495 e. The number of primary amides is 1. The summed E-state index contributed by atoms with van der Waals surface area (Å²) in [5, 5.41) is 0. The third-order valence-electron chi connectivity index (χ3n) is 5.49. The zero-order valence-corrected chi connectivity index (χ0v) is 15.3. The van der Waals surface area contributed by atoms with E-state index < -0.39 is 0 Å². The lowest BCUT2D eigenvalue weighted by atomic mass is 9.60.